The van der Waals surface area contributed by atoms with Crippen molar-refractivity contribution in [3.63, 3.8) is 0 Å². The second kappa shape index (κ2) is 6.83. The van der Waals surface area contributed by atoms with Crippen molar-refractivity contribution in [2.45, 2.75) is 32.4 Å². The zero-order valence-corrected chi connectivity index (χ0v) is 10.1. The summed E-state index contributed by atoms with van der Waals surface area (Å²) < 4.78 is 0. The fourth-order valence-corrected chi connectivity index (χ4v) is 1.53. The highest BCUT2D eigenvalue weighted by atomic mass is 35.5. The molecule has 0 aromatic heterocycles. The predicted molar refractivity (Wildman–Crippen MR) is 66.1 cm³/mol. The standard InChI is InChI=1S/C12H19NO.ClH/c1-9(2)8-11(14)12(13)10-6-4-3-5-7-10;/h3-7,9,11-12,14H,8,13H2,1-2H3;1H/t11-,12+;/m0./s1. The topological polar surface area (TPSA) is 46.2 Å². The molecule has 0 unspecified atom stereocenters. The second-order valence-corrected chi connectivity index (χ2v) is 4.13. The van der Waals surface area contributed by atoms with Crippen molar-refractivity contribution < 1.29 is 5.11 Å². The molecule has 0 saturated heterocycles. The van der Waals surface area contributed by atoms with Crippen LogP contribution in [-0.4, -0.2) is 11.2 Å². The van der Waals surface area contributed by atoms with Crippen molar-refractivity contribution in [2.24, 2.45) is 11.7 Å². The minimum Gasteiger partial charge on any atom is -0.391 e. The smallest absolute Gasteiger partial charge is 0.0735 e. The van der Waals surface area contributed by atoms with Crippen LogP contribution < -0.4 is 5.73 Å². The minimum atomic E-state index is -0.447. The Kier molecular flexibility index (Phi) is 6.57. The number of rotatable bonds is 4. The van der Waals surface area contributed by atoms with Gasteiger partial charge in [-0.2, -0.15) is 0 Å². The number of aliphatic hydroxyl groups excluding tert-OH is 1. The summed E-state index contributed by atoms with van der Waals surface area (Å²) in [6, 6.07) is 9.47. The highest BCUT2D eigenvalue weighted by molar-refractivity contribution is 5.85. The maximum atomic E-state index is 9.82. The third-order valence-corrected chi connectivity index (χ3v) is 2.31. The molecule has 1 rings (SSSR count). The Morgan fingerprint density at radius 2 is 1.73 bits per heavy atom. The molecule has 0 aliphatic carbocycles. The zero-order chi connectivity index (χ0) is 10.6. The molecule has 0 heterocycles. The molecular weight excluding hydrogens is 210 g/mol. The summed E-state index contributed by atoms with van der Waals surface area (Å²) >= 11 is 0. The first-order chi connectivity index (χ1) is 6.61. The Morgan fingerprint density at radius 3 is 2.20 bits per heavy atom. The van der Waals surface area contributed by atoms with Gasteiger partial charge >= 0.3 is 0 Å². The molecule has 0 radical (unpaired) electrons. The quantitative estimate of drug-likeness (QED) is 0.834. The Morgan fingerprint density at radius 1 is 1.20 bits per heavy atom. The van der Waals surface area contributed by atoms with Gasteiger partial charge < -0.3 is 10.8 Å². The van der Waals surface area contributed by atoms with E-state index in [4.69, 9.17) is 5.73 Å². The summed E-state index contributed by atoms with van der Waals surface area (Å²) in [6.07, 6.45) is 0.299. The van der Waals surface area contributed by atoms with Crippen molar-refractivity contribution >= 4 is 12.4 Å². The molecule has 0 saturated carbocycles. The molecule has 3 N–H and O–H groups in total. The van der Waals surface area contributed by atoms with Gasteiger partial charge in [0.05, 0.1) is 12.1 Å². The van der Waals surface area contributed by atoms with Gasteiger partial charge in [0.15, 0.2) is 0 Å². The summed E-state index contributed by atoms with van der Waals surface area (Å²) in [4.78, 5) is 0. The van der Waals surface area contributed by atoms with Crippen LogP contribution in [0.5, 0.6) is 0 Å². The molecular formula is C12H20ClNO. The zero-order valence-electron chi connectivity index (χ0n) is 9.26. The molecule has 0 spiro atoms. The van der Waals surface area contributed by atoms with Crippen LogP contribution in [0.4, 0.5) is 0 Å². The molecule has 1 aromatic carbocycles. The lowest BCUT2D eigenvalue weighted by Gasteiger charge is -2.20. The molecule has 0 amide bonds. The molecule has 0 aliphatic rings. The van der Waals surface area contributed by atoms with E-state index in [0.717, 1.165) is 12.0 Å². The van der Waals surface area contributed by atoms with Gasteiger partial charge in [0, 0.05) is 0 Å². The number of aliphatic hydroxyl groups is 1. The van der Waals surface area contributed by atoms with Crippen LogP contribution >= 0.6 is 12.4 Å². The van der Waals surface area contributed by atoms with Gasteiger partial charge in [0.2, 0.25) is 0 Å². The third-order valence-electron chi connectivity index (χ3n) is 2.31. The van der Waals surface area contributed by atoms with E-state index in [-0.39, 0.29) is 18.4 Å². The average molecular weight is 230 g/mol. The minimum absolute atomic E-state index is 0. The number of nitrogens with two attached hydrogens (primary N) is 1. The fourth-order valence-electron chi connectivity index (χ4n) is 1.53. The molecule has 15 heavy (non-hydrogen) atoms. The van der Waals surface area contributed by atoms with Crippen molar-refractivity contribution in [2.75, 3.05) is 0 Å². The maximum absolute atomic E-state index is 9.82. The van der Waals surface area contributed by atoms with Crippen molar-refractivity contribution in [3.8, 4) is 0 Å². The molecule has 0 bridgehead atoms. The van der Waals surface area contributed by atoms with Crippen LogP contribution in [0.25, 0.3) is 0 Å². The van der Waals surface area contributed by atoms with Crippen molar-refractivity contribution in [1.82, 2.24) is 0 Å². The summed E-state index contributed by atoms with van der Waals surface area (Å²) in [6.45, 7) is 4.17. The summed E-state index contributed by atoms with van der Waals surface area (Å²) in [7, 11) is 0. The first-order valence-corrected chi connectivity index (χ1v) is 5.10. The van der Waals surface area contributed by atoms with Crippen LogP contribution in [0, 0.1) is 5.92 Å². The number of hydrogen-bond donors (Lipinski definition) is 2. The van der Waals surface area contributed by atoms with E-state index in [1.165, 1.54) is 0 Å². The first-order valence-electron chi connectivity index (χ1n) is 5.10. The SMILES string of the molecule is CC(C)C[C@H](O)[C@H](N)c1ccccc1.Cl. The van der Waals surface area contributed by atoms with Crippen molar-refractivity contribution in [1.29, 1.82) is 0 Å². The normalized spacial score (nSPS) is 14.5. The fraction of sp³-hybridized carbons (Fsp3) is 0.500. The van der Waals surface area contributed by atoms with E-state index >= 15 is 0 Å². The van der Waals surface area contributed by atoms with Crippen LogP contribution in [0.2, 0.25) is 0 Å². The van der Waals surface area contributed by atoms with E-state index in [0.29, 0.717) is 5.92 Å². The van der Waals surface area contributed by atoms with Gasteiger partial charge in [-0.15, -0.1) is 12.4 Å². The Bertz CT molecular complexity index is 264. The van der Waals surface area contributed by atoms with Gasteiger partial charge in [-0.05, 0) is 17.9 Å². The highest BCUT2D eigenvalue weighted by Crippen LogP contribution is 2.18. The highest BCUT2D eigenvalue weighted by Gasteiger charge is 2.17. The van der Waals surface area contributed by atoms with E-state index in [9.17, 15) is 5.11 Å². The summed E-state index contributed by atoms with van der Waals surface area (Å²) in [5, 5.41) is 9.82. The lowest BCUT2D eigenvalue weighted by Crippen LogP contribution is -2.27. The van der Waals surface area contributed by atoms with Crippen molar-refractivity contribution in [3.05, 3.63) is 35.9 Å². The number of halogens is 1. The lowest BCUT2D eigenvalue weighted by molar-refractivity contribution is 0.121. The molecule has 0 aliphatic heterocycles. The van der Waals surface area contributed by atoms with Gasteiger partial charge in [-0.1, -0.05) is 44.2 Å². The molecule has 86 valence electrons. The van der Waals surface area contributed by atoms with Gasteiger partial charge in [0.25, 0.3) is 0 Å². The van der Waals surface area contributed by atoms with Crippen LogP contribution in [-0.2, 0) is 0 Å². The molecule has 1 aromatic rings. The van der Waals surface area contributed by atoms with Crippen LogP contribution in [0.1, 0.15) is 31.9 Å². The largest absolute Gasteiger partial charge is 0.391 e. The van der Waals surface area contributed by atoms with Gasteiger partial charge in [-0.25, -0.2) is 0 Å². The summed E-state index contributed by atoms with van der Waals surface area (Å²) in [5.74, 6) is 0.472. The van der Waals surface area contributed by atoms with E-state index in [2.05, 4.69) is 13.8 Å². The van der Waals surface area contributed by atoms with E-state index in [1.807, 2.05) is 30.3 Å². The average Bonchev–Trinajstić information content (AvgIpc) is 2.17. The Hall–Kier alpha value is -0.570. The molecule has 2 nitrogen and oxygen atoms in total. The third kappa shape index (κ3) is 4.65. The van der Waals surface area contributed by atoms with Crippen LogP contribution in [0.3, 0.4) is 0 Å². The second-order valence-electron chi connectivity index (χ2n) is 4.13. The van der Waals surface area contributed by atoms with Gasteiger partial charge in [0.1, 0.15) is 0 Å². The molecule has 0 fully saturated rings. The lowest BCUT2D eigenvalue weighted by atomic mass is 9.95. The van der Waals surface area contributed by atoms with E-state index in [1.54, 1.807) is 0 Å². The van der Waals surface area contributed by atoms with Crippen LogP contribution in [0.15, 0.2) is 30.3 Å². The monoisotopic (exact) mass is 229 g/mol. The Balaban J connectivity index is 0.00000196. The molecule has 2 atom stereocenters. The summed E-state index contributed by atoms with van der Waals surface area (Å²) in [5.41, 5.74) is 6.94. The number of benzene rings is 1. The van der Waals surface area contributed by atoms with Gasteiger partial charge in [-0.3, -0.25) is 0 Å². The maximum Gasteiger partial charge on any atom is 0.0735 e. The predicted octanol–water partition coefficient (Wildman–Crippen LogP) is 2.52. The number of hydrogen-bond acceptors (Lipinski definition) is 2. The first kappa shape index (κ1) is 14.4. The Labute approximate surface area is 97.9 Å². The van der Waals surface area contributed by atoms with E-state index < -0.39 is 6.10 Å². The molecule has 3 heteroatoms.